The first kappa shape index (κ1) is 10.2. The van der Waals surface area contributed by atoms with Crippen LogP contribution in [0.4, 0.5) is 0 Å². The van der Waals surface area contributed by atoms with Crippen molar-refractivity contribution < 1.29 is 0 Å². The fourth-order valence-electron chi connectivity index (χ4n) is 2.27. The monoisotopic (exact) mass is 200 g/mol. The predicted octanol–water partition coefficient (Wildman–Crippen LogP) is 3.25. The van der Waals surface area contributed by atoms with E-state index in [4.69, 9.17) is 5.26 Å². The number of pyridine rings is 1. The van der Waals surface area contributed by atoms with Gasteiger partial charge in [-0.2, -0.15) is 5.26 Å². The van der Waals surface area contributed by atoms with Crippen LogP contribution in [0.5, 0.6) is 0 Å². The van der Waals surface area contributed by atoms with Crippen LogP contribution in [0.25, 0.3) is 0 Å². The van der Waals surface area contributed by atoms with Crippen LogP contribution in [-0.2, 0) is 0 Å². The summed E-state index contributed by atoms with van der Waals surface area (Å²) in [4.78, 5) is 4.38. The Balaban J connectivity index is 2.07. The zero-order valence-electron chi connectivity index (χ0n) is 9.11. The number of hydrogen-bond acceptors (Lipinski definition) is 2. The highest BCUT2D eigenvalue weighted by molar-refractivity contribution is 5.27. The number of nitrogens with zero attached hydrogens (tertiary/aromatic N) is 2. The lowest BCUT2D eigenvalue weighted by Gasteiger charge is -2.25. The zero-order valence-corrected chi connectivity index (χ0v) is 9.11. The van der Waals surface area contributed by atoms with Crippen molar-refractivity contribution in [3.8, 4) is 6.07 Å². The molecule has 0 radical (unpaired) electrons. The first-order chi connectivity index (χ1) is 7.29. The Hall–Kier alpha value is -1.36. The molecule has 0 amide bonds. The van der Waals surface area contributed by atoms with Crippen molar-refractivity contribution in [2.24, 2.45) is 5.92 Å². The second-order valence-corrected chi connectivity index (χ2v) is 4.54. The molecule has 2 heteroatoms. The van der Waals surface area contributed by atoms with Crippen molar-refractivity contribution >= 4 is 0 Å². The fourth-order valence-corrected chi connectivity index (χ4v) is 2.27. The molecular weight excluding hydrogens is 184 g/mol. The minimum atomic E-state index is 0.619. The van der Waals surface area contributed by atoms with Gasteiger partial charge in [-0.1, -0.05) is 19.8 Å². The highest BCUT2D eigenvalue weighted by atomic mass is 14.7. The Morgan fingerprint density at radius 2 is 2.00 bits per heavy atom. The summed E-state index contributed by atoms with van der Waals surface area (Å²) in [6.45, 7) is 2.32. The maximum absolute atomic E-state index is 8.68. The quantitative estimate of drug-likeness (QED) is 0.697. The Kier molecular flexibility index (Phi) is 3.01. The van der Waals surface area contributed by atoms with Gasteiger partial charge in [0.05, 0.1) is 5.56 Å². The van der Waals surface area contributed by atoms with Crippen LogP contribution in [0.1, 0.15) is 49.8 Å². The first-order valence-corrected chi connectivity index (χ1v) is 5.65. The molecule has 1 aliphatic carbocycles. The average Bonchev–Trinajstić information content (AvgIpc) is 2.30. The fraction of sp³-hybridized carbons (Fsp3) is 0.538. The minimum Gasteiger partial charge on any atom is -0.260 e. The van der Waals surface area contributed by atoms with Crippen molar-refractivity contribution in [1.29, 1.82) is 5.26 Å². The van der Waals surface area contributed by atoms with E-state index in [1.54, 1.807) is 6.20 Å². The van der Waals surface area contributed by atoms with Gasteiger partial charge in [-0.25, -0.2) is 0 Å². The van der Waals surface area contributed by atoms with E-state index in [1.807, 2.05) is 12.1 Å². The van der Waals surface area contributed by atoms with E-state index in [-0.39, 0.29) is 0 Å². The highest BCUT2D eigenvalue weighted by Crippen LogP contribution is 2.34. The molecule has 0 aromatic carbocycles. The summed E-state index contributed by atoms with van der Waals surface area (Å²) in [6.07, 6.45) is 6.81. The second-order valence-electron chi connectivity index (χ2n) is 4.54. The van der Waals surface area contributed by atoms with Crippen molar-refractivity contribution in [1.82, 2.24) is 4.98 Å². The number of rotatable bonds is 1. The van der Waals surface area contributed by atoms with Crippen LogP contribution in [0.2, 0.25) is 0 Å². The van der Waals surface area contributed by atoms with Gasteiger partial charge < -0.3 is 0 Å². The zero-order chi connectivity index (χ0) is 10.7. The molecule has 0 N–H and O–H groups in total. The van der Waals surface area contributed by atoms with Crippen LogP contribution in [-0.4, -0.2) is 4.98 Å². The standard InChI is InChI=1S/C13H16N2/c1-10-2-5-12(6-3-10)13-7-4-11(8-14)9-15-13/h4,7,9-10,12H,2-3,5-6H2,1H3. The third-order valence-corrected chi connectivity index (χ3v) is 3.35. The molecule has 0 spiro atoms. The third-order valence-electron chi connectivity index (χ3n) is 3.35. The molecule has 0 bridgehead atoms. The topological polar surface area (TPSA) is 36.7 Å². The molecule has 1 saturated carbocycles. The summed E-state index contributed by atoms with van der Waals surface area (Å²) in [5.74, 6) is 1.49. The van der Waals surface area contributed by atoms with Gasteiger partial charge in [0.2, 0.25) is 0 Å². The molecule has 0 saturated heterocycles. The highest BCUT2D eigenvalue weighted by Gasteiger charge is 2.20. The molecule has 78 valence electrons. The van der Waals surface area contributed by atoms with Crippen molar-refractivity contribution in [2.75, 3.05) is 0 Å². The van der Waals surface area contributed by atoms with E-state index in [9.17, 15) is 0 Å². The van der Waals surface area contributed by atoms with Gasteiger partial charge in [0, 0.05) is 17.8 Å². The van der Waals surface area contributed by atoms with Crippen molar-refractivity contribution in [3.63, 3.8) is 0 Å². The Morgan fingerprint density at radius 3 is 2.53 bits per heavy atom. The maximum Gasteiger partial charge on any atom is 0.101 e. The van der Waals surface area contributed by atoms with Crippen molar-refractivity contribution in [3.05, 3.63) is 29.6 Å². The average molecular weight is 200 g/mol. The van der Waals surface area contributed by atoms with E-state index in [0.29, 0.717) is 11.5 Å². The van der Waals surface area contributed by atoms with Crippen LogP contribution >= 0.6 is 0 Å². The van der Waals surface area contributed by atoms with E-state index in [2.05, 4.69) is 18.0 Å². The van der Waals surface area contributed by atoms with Crippen LogP contribution in [0.3, 0.4) is 0 Å². The maximum atomic E-state index is 8.68. The minimum absolute atomic E-state index is 0.619. The molecule has 1 aromatic heterocycles. The lowest BCUT2D eigenvalue weighted by molar-refractivity contribution is 0.344. The van der Waals surface area contributed by atoms with Gasteiger partial charge in [-0.15, -0.1) is 0 Å². The normalized spacial score (nSPS) is 25.9. The van der Waals surface area contributed by atoms with Gasteiger partial charge in [0.25, 0.3) is 0 Å². The third kappa shape index (κ3) is 2.36. The molecule has 1 aliphatic rings. The molecule has 0 unspecified atom stereocenters. The molecule has 15 heavy (non-hydrogen) atoms. The molecule has 2 nitrogen and oxygen atoms in total. The lowest BCUT2D eigenvalue weighted by Crippen LogP contribution is -2.11. The summed E-state index contributed by atoms with van der Waals surface area (Å²) in [7, 11) is 0. The SMILES string of the molecule is CC1CCC(c2ccc(C#N)cn2)CC1. The summed E-state index contributed by atoms with van der Waals surface area (Å²) in [6, 6.07) is 5.99. The molecule has 1 aromatic rings. The molecule has 0 atom stereocenters. The summed E-state index contributed by atoms with van der Waals surface area (Å²) >= 11 is 0. The molecular formula is C13H16N2. The Labute approximate surface area is 91.0 Å². The smallest absolute Gasteiger partial charge is 0.101 e. The van der Waals surface area contributed by atoms with Crippen molar-refractivity contribution in [2.45, 2.75) is 38.5 Å². The van der Waals surface area contributed by atoms with E-state index in [0.717, 1.165) is 5.92 Å². The van der Waals surface area contributed by atoms with Crippen LogP contribution < -0.4 is 0 Å². The van der Waals surface area contributed by atoms with Gasteiger partial charge in [0.15, 0.2) is 0 Å². The molecule has 1 heterocycles. The first-order valence-electron chi connectivity index (χ1n) is 5.65. The summed E-state index contributed by atoms with van der Waals surface area (Å²) in [5.41, 5.74) is 1.82. The molecule has 2 rings (SSSR count). The number of nitriles is 1. The Bertz CT molecular complexity index is 353. The van der Waals surface area contributed by atoms with E-state index in [1.165, 1.54) is 31.4 Å². The predicted molar refractivity (Wildman–Crippen MR) is 59.3 cm³/mol. The number of aromatic nitrogens is 1. The summed E-state index contributed by atoms with van der Waals surface area (Å²) in [5, 5.41) is 8.68. The van der Waals surface area contributed by atoms with E-state index >= 15 is 0 Å². The van der Waals surface area contributed by atoms with Gasteiger partial charge in [0.1, 0.15) is 6.07 Å². The largest absolute Gasteiger partial charge is 0.260 e. The van der Waals surface area contributed by atoms with Gasteiger partial charge >= 0.3 is 0 Å². The second kappa shape index (κ2) is 4.44. The molecule has 1 fully saturated rings. The summed E-state index contributed by atoms with van der Waals surface area (Å²) < 4.78 is 0. The van der Waals surface area contributed by atoms with Gasteiger partial charge in [-0.05, 0) is 30.9 Å². The van der Waals surface area contributed by atoms with Crippen LogP contribution in [0, 0.1) is 17.2 Å². The number of hydrogen-bond donors (Lipinski definition) is 0. The lowest BCUT2D eigenvalue weighted by atomic mass is 9.81. The van der Waals surface area contributed by atoms with Crippen LogP contribution in [0.15, 0.2) is 18.3 Å². The molecule has 0 aliphatic heterocycles. The van der Waals surface area contributed by atoms with Gasteiger partial charge in [-0.3, -0.25) is 4.98 Å². The Morgan fingerprint density at radius 1 is 1.27 bits per heavy atom. The van der Waals surface area contributed by atoms with E-state index < -0.39 is 0 Å².